The molecule has 1 saturated heterocycles. The summed E-state index contributed by atoms with van der Waals surface area (Å²) in [6.45, 7) is 8.38. The Kier molecular flexibility index (Phi) is 6.73. The smallest absolute Gasteiger partial charge is 0.271 e. The molecule has 6 heteroatoms. The summed E-state index contributed by atoms with van der Waals surface area (Å²) in [6.07, 6.45) is 4.22. The van der Waals surface area contributed by atoms with E-state index in [2.05, 4.69) is 23.8 Å². The molecule has 28 heavy (non-hydrogen) atoms. The van der Waals surface area contributed by atoms with Crippen LogP contribution in [-0.4, -0.2) is 58.7 Å². The first-order valence-electron chi connectivity index (χ1n) is 10.4. The normalized spacial score (nSPS) is 17.6. The van der Waals surface area contributed by atoms with Gasteiger partial charge in [-0.25, -0.2) is 4.68 Å². The molecule has 1 aliphatic heterocycles. The summed E-state index contributed by atoms with van der Waals surface area (Å²) < 4.78 is 1.53. The maximum Gasteiger partial charge on any atom is 0.271 e. The third-order valence-electron chi connectivity index (χ3n) is 5.59. The molecule has 0 aliphatic carbocycles. The topological polar surface area (TPSA) is 61.3 Å². The average Bonchev–Trinajstić information content (AvgIpc) is 3.08. The minimum absolute atomic E-state index is 0.0330. The van der Waals surface area contributed by atoms with Gasteiger partial charge in [0.15, 0.2) is 0 Å². The highest BCUT2D eigenvalue weighted by molar-refractivity contribution is 5.94. The predicted molar refractivity (Wildman–Crippen MR) is 112 cm³/mol. The average molecular weight is 385 g/mol. The lowest BCUT2D eigenvalue weighted by Crippen LogP contribution is -2.41. The number of aromatic amines is 1. The number of hydrogen-bond acceptors (Lipinski definition) is 3. The SMILES string of the molecule is CCCc1cc(=O)n(-c2ccc(C(=O)N(C)CC3CCCN(CC)C3)cc2)[nH]1. The third kappa shape index (κ3) is 4.73. The standard InChI is InChI=1S/C22H32N4O2/c1-4-7-19-14-21(27)26(23-19)20-11-9-18(10-12-20)22(28)24(3)15-17-8-6-13-25(5-2)16-17/h9-12,14,17,23H,4-8,13,15-16H2,1-3H3. The fourth-order valence-electron chi connectivity index (χ4n) is 4.06. The zero-order chi connectivity index (χ0) is 20.1. The van der Waals surface area contributed by atoms with Crippen LogP contribution in [0.1, 0.15) is 49.2 Å². The molecule has 1 aromatic heterocycles. The number of rotatable bonds is 7. The molecule has 0 saturated carbocycles. The molecule has 1 aromatic carbocycles. The summed E-state index contributed by atoms with van der Waals surface area (Å²) in [4.78, 5) is 29.3. The molecule has 1 N–H and O–H groups in total. The van der Waals surface area contributed by atoms with Crippen LogP contribution in [0, 0.1) is 5.92 Å². The number of aryl methyl sites for hydroxylation is 1. The molecular weight excluding hydrogens is 352 g/mol. The lowest BCUT2D eigenvalue weighted by atomic mass is 9.97. The van der Waals surface area contributed by atoms with Gasteiger partial charge in [-0.1, -0.05) is 20.3 Å². The number of amides is 1. The molecule has 0 radical (unpaired) electrons. The Labute approximate surface area is 167 Å². The fraction of sp³-hybridized carbons (Fsp3) is 0.545. The highest BCUT2D eigenvalue weighted by atomic mass is 16.2. The number of carbonyl (C=O) groups excluding carboxylic acids is 1. The molecule has 2 heterocycles. The van der Waals surface area contributed by atoms with Crippen molar-refractivity contribution in [2.75, 3.05) is 33.2 Å². The first-order chi connectivity index (χ1) is 13.5. The zero-order valence-electron chi connectivity index (χ0n) is 17.3. The van der Waals surface area contributed by atoms with Crippen LogP contribution in [0.4, 0.5) is 0 Å². The van der Waals surface area contributed by atoms with Crippen molar-refractivity contribution in [3.63, 3.8) is 0 Å². The van der Waals surface area contributed by atoms with Gasteiger partial charge in [-0.15, -0.1) is 0 Å². The van der Waals surface area contributed by atoms with E-state index in [-0.39, 0.29) is 11.5 Å². The van der Waals surface area contributed by atoms with Crippen molar-refractivity contribution >= 4 is 5.91 Å². The Bertz CT molecular complexity index is 837. The van der Waals surface area contributed by atoms with Crippen LogP contribution in [-0.2, 0) is 6.42 Å². The van der Waals surface area contributed by atoms with E-state index in [1.54, 1.807) is 18.2 Å². The zero-order valence-corrected chi connectivity index (χ0v) is 17.3. The van der Waals surface area contributed by atoms with Crippen molar-refractivity contribution < 1.29 is 4.79 Å². The molecule has 1 aliphatic rings. The van der Waals surface area contributed by atoms with Gasteiger partial charge < -0.3 is 9.80 Å². The summed E-state index contributed by atoms with van der Waals surface area (Å²) in [5.41, 5.74) is 2.26. The van der Waals surface area contributed by atoms with Crippen molar-refractivity contribution in [3.05, 3.63) is 51.9 Å². The maximum atomic E-state index is 12.8. The predicted octanol–water partition coefficient (Wildman–Crippen LogP) is 2.92. The molecule has 1 amide bonds. The van der Waals surface area contributed by atoms with Gasteiger partial charge in [-0.2, -0.15) is 0 Å². The Balaban J connectivity index is 1.65. The molecule has 2 aromatic rings. The molecule has 152 valence electrons. The Morgan fingerprint density at radius 3 is 2.68 bits per heavy atom. The Morgan fingerprint density at radius 1 is 1.25 bits per heavy atom. The number of hydrogen-bond donors (Lipinski definition) is 1. The summed E-state index contributed by atoms with van der Waals surface area (Å²) in [5.74, 6) is 0.571. The number of benzene rings is 1. The third-order valence-corrected chi connectivity index (χ3v) is 5.59. The van der Waals surface area contributed by atoms with E-state index in [0.717, 1.165) is 43.9 Å². The van der Waals surface area contributed by atoms with E-state index in [1.165, 1.54) is 24.1 Å². The van der Waals surface area contributed by atoms with Gasteiger partial charge in [0.05, 0.1) is 5.69 Å². The molecule has 0 bridgehead atoms. The van der Waals surface area contributed by atoms with E-state index < -0.39 is 0 Å². The summed E-state index contributed by atoms with van der Waals surface area (Å²) in [6, 6.07) is 8.91. The van der Waals surface area contributed by atoms with Crippen molar-refractivity contribution in [1.29, 1.82) is 0 Å². The number of carbonyl (C=O) groups is 1. The first kappa shape index (κ1) is 20.4. The van der Waals surface area contributed by atoms with E-state index in [4.69, 9.17) is 0 Å². The number of likely N-dealkylation sites (tertiary alicyclic amines) is 1. The van der Waals surface area contributed by atoms with Crippen molar-refractivity contribution in [3.8, 4) is 5.69 Å². The number of nitrogens with one attached hydrogen (secondary N) is 1. The molecule has 1 fully saturated rings. The van der Waals surface area contributed by atoms with Gasteiger partial charge in [0, 0.05) is 37.5 Å². The summed E-state index contributed by atoms with van der Waals surface area (Å²) >= 11 is 0. The fourth-order valence-corrected chi connectivity index (χ4v) is 4.06. The second-order valence-corrected chi connectivity index (χ2v) is 7.84. The van der Waals surface area contributed by atoms with Gasteiger partial charge >= 0.3 is 0 Å². The summed E-state index contributed by atoms with van der Waals surface area (Å²) in [7, 11) is 1.88. The lowest BCUT2D eigenvalue weighted by molar-refractivity contribution is 0.0732. The van der Waals surface area contributed by atoms with E-state index in [9.17, 15) is 9.59 Å². The minimum Gasteiger partial charge on any atom is -0.341 e. The highest BCUT2D eigenvalue weighted by Gasteiger charge is 2.22. The van der Waals surface area contributed by atoms with Crippen LogP contribution in [0.25, 0.3) is 5.69 Å². The minimum atomic E-state index is -0.0718. The van der Waals surface area contributed by atoms with E-state index >= 15 is 0 Å². The van der Waals surface area contributed by atoms with Gasteiger partial charge in [0.2, 0.25) is 0 Å². The van der Waals surface area contributed by atoms with E-state index in [0.29, 0.717) is 11.5 Å². The van der Waals surface area contributed by atoms with Gasteiger partial charge in [-0.3, -0.25) is 14.7 Å². The second kappa shape index (κ2) is 9.24. The monoisotopic (exact) mass is 384 g/mol. The molecule has 3 rings (SSSR count). The number of nitrogens with zero attached hydrogens (tertiary/aromatic N) is 3. The van der Waals surface area contributed by atoms with E-state index in [1.807, 2.05) is 24.1 Å². The molecule has 0 spiro atoms. The number of H-pyrrole nitrogens is 1. The summed E-state index contributed by atoms with van der Waals surface area (Å²) in [5, 5.41) is 3.14. The van der Waals surface area contributed by atoms with Crippen LogP contribution in [0.3, 0.4) is 0 Å². The molecule has 6 nitrogen and oxygen atoms in total. The van der Waals surface area contributed by atoms with Crippen LogP contribution in [0.2, 0.25) is 0 Å². The van der Waals surface area contributed by atoms with Gasteiger partial charge in [-0.05, 0) is 62.5 Å². The van der Waals surface area contributed by atoms with Crippen LogP contribution < -0.4 is 5.56 Å². The van der Waals surface area contributed by atoms with Crippen molar-refractivity contribution in [2.24, 2.45) is 5.92 Å². The number of piperidine rings is 1. The lowest BCUT2D eigenvalue weighted by Gasteiger charge is -2.34. The molecule has 1 atom stereocenters. The Morgan fingerprint density at radius 2 is 2.00 bits per heavy atom. The van der Waals surface area contributed by atoms with Gasteiger partial charge in [0.1, 0.15) is 0 Å². The Hall–Kier alpha value is -2.34. The largest absolute Gasteiger partial charge is 0.341 e. The molecular formula is C22H32N4O2. The highest BCUT2D eigenvalue weighted by Crippen LogP contribution is 2.18. The maximum absolute atomic E-state index is 12.8. The first-order valence-corrected chi connectivity index (χ1v) is 10.4. The van der Waals surface area contributed by atoms with Crippen molar-refractivity contribution in [1.82, 2.24) is 19.6 Å². The van der Waals surface area contributed by atoms with Crippen LogP contribution in [0.5, 0.6) is 0 Å². The number of aromatic nitrogens is 2. The van der Waals surface area contributed by atoms with Crippen LogP contribution in [0.15, 0.2) is 35.1 Å². The second-order valence-electron chi connectivity index (χ2n) is 7.84. The van der Waals surface area contributed by atoms with Crippen molar-refractivity contribution in [2.45, 2.75) is 39.5 Å². The van der Waals surface area contributed by atoms with Crippen LogP contribution >= 0.6 is 0 Å². The van der Waals surface area contributed by atoms with Gasteiger partial charge in [0.25, 0.3) is 11.5 Å². The molecule has 1 unspecified atom stereocenters. The quantitative estimate of drug-likeness (QED) is 0.798.